The molecule has 210 valence electrons. The molecule has 2 amide bonds. The number of fused-ring (bicyclic) bond motifs is 1. The quantitative estimate of drug-likeness (QED) is 0.355. The van der Waals surface area contributed by atoms with E-state index in [1.165, 1.54) is 11.0 Å². The molecule has 0 atom stereocenters. The minimum atomic E-state index is -0.446. The second-order valence-corrected chi connectivity index (χ2v) is 10.4. The minimum Gasteiger partial charge on any atom is -0.507 e. The summed E-state index contributed by atoms with van der Waals surface area (Å²) in [6.45, 7) is 6.93. The van der Waals surface area contributed by atoms with Gasteiger partial charge in [-0.3, -0.25) is 9.59 Å². The molecule has 0 unspecified atom stereocenters. The van der Waals surface area contributed by atoms with E-state index in [1.54, 1.807) is 11.9 Å². The average molecular weight is 545 g/mol. The van der Waals surface area contributed by atoms with Gasteiger partial charge in [0.25, 0.3) is 11.8 Å². The van der Waals surface area contributed by atoms with E-state index in [-0.39, 0.29) is 22.6 Å². The molecule has 9 nitrogen and oxygen atoms in total. The fraction of sp³-hybridized carbons (Fsp3) is 0.355. The van der Waals surface area contributed by atoms with Crippen LogP contribution in [0, 0.1) is 0 Å². The van der Waals surface area contributed by atoms with E-state index in [9.17, 15) is 19.8 Å². The van der Waals surface area contributed by atoms with Crippen molar-refractivity contribution >= 4 is 11.8 Å². The summed E-state index contributed by atoms with van der Waals surface area (Å²) in [7, 11) is 1.63. The highest BCUT2D eigenvalue weighted by Gasteiger charge is 2.29. The summed E-state index contributed by atoms with van der Waals surface area (Å²) in [5.74, 6) is -0.822. The van der Waals surface area contributed by atoms with Crippen LogP contribution in [-0.2, 0) is 19.6 Å². The van der Waals surface area contributed by atoms with Gasteiger partial charge in [0.15, 0.2) is 0 Å². The summed E-state index contributed by atoms with van der Waals surface area (Å²) in [6.07, 6.45) is 0.948. The maximum atomic E-state index is 13.4. The summed E-state index contributed by atoms with van der Waals surface area (Å²) in [5.41, 5.74) is 2.88. The highest BCUT2D eigenvalue weighted by molar-refractivity contribution is 6.03. The molecule has 2 heterocycles. The predicted molar refractivity (Wildman–Crippen MR) is 151 cm³/mol. The van der Waals surface area contributed by atoms with Gasteiger partial charge in [-0.2, -0.15) is 0 Å². The molecule has 0 bridgehead atoms. The topological polar surface area (TPSA) is 106 Å². The standard InChI is InChI=1S/C31H36N4O5/c1-33(19-22-6-3-2-4-7-22)30(38)26-17-27(29(37)18-28(26)36)31(39)35-20-23-8-9-25(16-24(23)21-35)40-15-5-12-34-13-10-32-11-14-34/h2-4,6-9,16-18,32,36-37H,5,10-15,19-21H2,1H3. The van der Waals surface area contributed by atoms with Crippen molar-refractivity contribution in [1.29, 1.82) is 0 Å². The number of ether oxygens (including phenoxy) is 1. The van der Waals surface area contributed by atoms with E-state index in [2.05, 4.69) is 10.2 Å². The zero-order valence-electron chi connectivity index (χ0n) is 22.8. The highest BCUT2D eigenvalue weighted by atomic mass is 16.5. The number of carbonyl (C=O) groups is 2. The van der Waals surface area contributed by atoms with Crippen molar-refractivity contribution in [3.05, 3.63) is 88.5 Å². The zero-order valence-corrected chi connectivity index (χ0v) is 22.8. The van der Waals surface area contributed by atoms with Crippen LogP contribution >= 0.6 is 0 Å². The summed E-state index contributed by atoms with van der Waals surface area (Å²) < 4.78 is 5.99. The summed E-state index contributed by atoms with van der Waals surface area (Å²) in [6, 6.07) is 17.7. The van der Waals surface area contributed by atoms with Crippen molar-refractivity contribution in [2.24, 2.45) is 0 Å². The van der Waals surface area contributed by atoms with Crippen LogP contribution in [0.15, 0.2) is 60.7 Å². The van der Waals surface area contributed by atoms with Crippen LogP contribution in [0.1, 0.15) is 43.8 Å². The summed E-state index contributed by atoms with van der Waals surface area (Å²) in [4.78, 5) is 32.1. The first-order valence-electron chi connectivity index (χ1n) is 13.7. The lowest BCUT2D eigenvalue weighted by Crippen LogP contribution is -2.43. The SMILES string of the molecule is CN(Cc1ccccc1)C(=O)c1cc(C(=O)N2Cc3ccc(OCCCN4CCNCC4)cc3C2)c(O)cc1O. The van der Waals surface area contributed by atoms with Crippen molar-refractivity contribution in [2.45, 2.75) is 26.1 Å². The van der Waals surface area contributed by atoms with Gasteiger partial charge in [0.1, 0.15) is 17.2 Å². The van der Waals surface area contributed by atoms with Crippen molar-refractivity contribution in [3.8, 4) is 17.2 Å². The molecule has 3 aromatic carbocycles. The Kier molecular flexibility index (Phi) is 8.52. The van der Waals surface area contributed by atoms with E-state index in [0.717, 1.165) is 67.7 Å². The highest BCUT2D eigenvalue weighted by Crippen LogP contribution is 2.33. The maximum Gasteiger partial charge on any atom is 0.258 e. The van der Waals surface area contributed by atoms with Crippen molar-refractivity contribution < 1.29 is 24.5 Å². The first-order chi connectivity index (χ1) is 19.4. The van der Waals surface area contributed by atoms with Crippen molar-refractivity contribution in [2.75, 3.05) is 46.4 Å². The van der Waals surface area contributed by atoms with Crippen LogP contribution in [0.3, 0.4) is 0 Å². The number of piperazine rings is 1. The molecule has 2 aliphatic heterocycles. The van der Waals surface area contributed by atoms with E-state index < -0.39 is 11.8 Å². The van der Waals surface area contributed by atoms with Gasteiger partial charge in [-0.25, -0.2) is 0 Å². The molecule has 0 saturated carbocycles. The van der Waals surface area contributed by atoms with Crippen molar-refractivity contribution in [1.82, 2.24) is 20.0 Å². The number of aromatic hydroxyl groups is 2. The number of nitrogens with zero attached hydrogens (tertiary/aromatic N) is 3. The van der Waals surface area contributed by atoms with E-state index in [4.69, 9.17) is 4.74 Å². The Balaban J connectivity index is 1.21. The molecule has 0 aliphatic carbocycles. The third-order valence-electron chi connectivity index (χ3n) is 7.47. The molecule has 3 N–H and O–H groups in total. The monoisotopic (exact) mass is 544 g/mol. The first-order valence-corrected chi connectivity index (χ1v) is 13.7. The smallest absolute Gasteiger partial charge is 0.258 e. The number of rotatable bonds is 9. The Morgan fingerprint density at radius 1 is 0.925 bits per heavy atom. The first kappa shape index (κ1) is 27.5. The Bertz CT molecular complexity index is 1360. The van der Waals surface area contributed by atoms with Crippen LogP contribution in [0.2, 0.25) is 0 Å². The second kappa shape index (κ2) is 12.4. The fourth-order valence-corrected chi connectivity index (χ4v) is 5.24. The number of benzene rings is 3. The second-order valence-electron chi connectivity index (χ2n) is 10.4. The van der Waals surface area contributed by atoms with E-state index in [0.29, 0.717) is 26.2 Å². The van der Waals surface area contributed by atoms with E-state index in [1.807, 2.05) is 48.5 Å². The summed E-state index contributed by atoms with van der Waals surface area (Å²) in [5, 5.41) is 24.3. The molecule has 2 aliphatic rings. The number of carbonyl (C=O) groups excluding carboxylic acids is 2. The molecule has 0 radical (unpaired) electrons. The molecule has 5 rings (SSSR count). The lowest BCUT2D eigenvalue weighted by atomic mass is 10.1. The molecule has 40 heavy (non-hydrogen) atoms. The van der Waals surface area contributed by atoms with Gasteiger partial charge in [0.05, 0.1) is 17.7 Å². The van der Waals surface area contributed by atoms with Crippen LogP contribution in [0.4, 0.5) is 0 Å². The minimum absolute atomic E-state index is 0.0218. The molecule has 0 aromatic heterocycles. The Morgan fingerprint density at radius 2 is 1.65 bits per heavy atom. The number of nitrogens with one attached hydrogen (secondary N) is 1. The van der Waals surface area contributed by atoms with Gasteiger partial charge in [-0.1, -0.05) is 36.4 Å². The average Bonchev–Trinajstić information content (AvgIpc) is 3.39. The Labute approximate surface area is 234 Å². The molecule has 0 spiro atoms. The maximum absolute atomic E-state index is 13.4. The number of phenolic OH excluding ortho intramolecular Hbond substituents is 2. The molecule has 9 heteroatoms. The van der Waals surface area contributed by atoms with Crippen LogP contribution in [-0.4, -0.2) is 83.1 Å². The number of amides is 2. The third kappa shape index (κ3) is 6.38. The zero-order chi connectivity index (χ0) is 28.1. The normalized spacial score (nSPS) is 15.1. The predicted octanol–water partition coefficient (Wildman–Crippen LogP) is 3.20. The van der Waals surface area contributed by atoms with E-state index >= 15 is 0 Å². The molecule has 1 fully saturated rings. The van der Waals surface area contributed by atoms with Gasteiger partial charge in [0, 0.05) is 65.5 Å². The molecule has 3 aromatic rings. The lowest BCUT2D eigenvalue weighted by Gasteiger charge is -2.26. The third-order valence-corrected chi connectivity index (χ3v) is 7.47. The fourth-order valence-electron chi connectivity index (χ4n) is 5.24. The molecule has 1 saturated heterocycles. The Hall–Kier alpha value is -4.08. The van der Waals surface area contributed by atoms with Crippen LogP contribution in [0.25, 0.3) is 0 Å². The number of hydrogen-bond donors (Lipinski definition) is 3. The summed E-state index contributed by atoms with van der Waals surface area (Å²) >= 11 is 0. The largest absolute Gasteiger partial charge is 0.507 e. The number of hydrogen-bond acceptors (Lipinski definition) is 7. The number of phenols is 2. The van der Waals surface area contributed by atoms with Crippen LogP contribution < -0.4 is 10.1 Å². The van der Waals surface area contributed by atoms with Crippen LogP contribution in [0.5, 0.6) is 17.2 Å². The molecular formula is C31H36N4O5. The Morgan fingerprint density at radius 3 is 2.42 bits per heavy atom. The van der Waals surface area contributed by atoms with Gasteiger partial charge in [-0.05, 0) is 41.3 Å². The van der Waals surface area contributed by atoms with Gasteiger partial charge in [0.2, 0.25) is 0 Å². The van der Waals surface area contributed by atoms with Crippen molar-refractivity contribution in [3.63, 3.8) is 0 Å². The van der Waals surface area contributed by atoms with Gasteiger partial charge in [-0.15, -0.1) is 0 Å². The van der Waals surface area contributed by atoms with Gasteiger partial charge >= 0.3 is 0 Å². The van der Waals surface area contributed by atoms with Gasteiger partial charge < -0.3 is 35.0 Å². The molecular weight excluding hydrogens is 508 g/mol. The lowest BCUT2D eigenvalue weighted by molar-refractivity contribution is 0.0748.